The van der Waals surface area contributed by atoms with E-state index in [1.165, 1.54) is 0 Å². The summed E-state index contributed by atoms with van der Waals surface area (Å²) in [6, 6.07) is 22.0. The highest BCUT2D eigenvalue weighted by Crippen LogP contribution is 2.51. The molecule has 2 aliphatic heterocycles. The first-order chi connectivity index (χ1) is 17.5. The zero-order valence-electron chi connectivity index (χ0n) is 20.4. The van der Waals surface area contributed by atoms with Crippen LogP contribution in [0.1, 0.15) is 38.2 Å². The van der Waals surface area contributed by atoms with E-state index in [2.05, 4.69) is 16.5 Å². The fourth-order valence-electron chi connectivity index (χ4n) is 5.19. The van der Waals surface area contributed by atoms with Crippen LogP contribution in [0.4, 0.5) is 5.69 Å². The minimum atomic E-state index is -1.13. The molecule has 6 nitrogen and oxygen atoms in total. The van der Waals surface area contributed by atoms with Crippen molar-refractivity contribution < 1.29 is 18.8 Å². The molecule has 2 heterocycles. The first kappa shape index (κ1) is 23.4. The summed E-state index contributed by atoms with van der Waals surface area (Å²) in [5.74, 6) is 1.45. The van der Waals surface area contributed by atoms with Crippen LogP contribution in [0.5, 0.6) is 11.5 Å². The van der Waals surface area contributed by atoms with Gasteiger partial charge < -0.3 is 19.3 Å². The van der Waals surface area contributed by atoms with Crippen molar-refractivity contribution in [3.63, 3.8) is 0 Å². The van der Waals surface area contributed by atoms with E-state index in [9.17, 15) is 9.35 Å². The lowest BCUT2D eigenvalue weighted by Gasteiger charge is -2.23. The Labute approximate surface area is 214 Å². The zero-order chi connectivity index (χ0) is 24.7. The standard InChI is InChI=1S/C29H30N2O4S/c1-20-4-3-15-31(20)36(33)25-10-7-21(8-11-25)22-5-2-6-24(18-22)30-28(32)29(13-14-29)23-9-12-26-27(19-23)35-17-16-34-26/h2,5-12,18-20H,3-4,13-17H2,1H3,(H,30,32)/t20-,36?/m0/s1. The van der Waals surface area contributed by atoms with Crippen molar-refractivity contribution in [3.05, 3.63) is 72.3 Å². The number of benzene rings is 3. The normalized spacial score (nSPS) is 21.1. The second-order valence-electron chi connectivity index (χ2n) is 9.88. The van der Waals surface area contributed by atoms with E-state index < -0.39 is 16.8 Å². The molecule has 6 rings (SSSR count). The van der Waals surface area contributed by atoms with E-state index >= 15 is 0 Å². The Hall–Kier alpha value is -3.00. The molecule has 1 saturated heterocycles. The van der Waals surface area contributed by atoms with Crippen LogP contribution in [0.3, 0.4) is 0 Å². The molecular weight excluding hydrogens is 472 g/mol. The fourth-order valence-corrected chi connectivity index (χ4v) is 6.56. The SMILES string of the molecule is C[C@H]1CCCN1[S+]([O-])c1ccc(-c2cccc(NC(=O)C3(c4ccc5c(c4)OCCO5)CC3)c2)cc1. The van der Waals surface area contributed by atoms with Crippen molar-refractivity contribution in [1.29, 1.82) is 0 Å². The summed E-state index contributed by atoms with van der Waals surface area (Å²) in [6.07, 6.45) is 3.82. The number of hydrogen-bond acceptors (Lipinski definition) is 5. The summed E-state index contributed by atoms with van der Waals surface area (Å²) in [5.41, 5.74) is 3.24. The number of carbonyl (C=O) groups excluding carboxylic acids is 1. The van der Waals surface area contributed by atoms with Gasteiger partial charge in [0, 0.05) is 12.2 Å². The Morgan fingerprint density at radius 3 is 2.50 bits per heavy atom. The van der Waals surface area contributed by atoms with Gasteiger partial charge in [-0.1, -0.05) is 18.2 Å². The maximum Gasteiger partial charge on any atom is 0.235 e. The van der Waals surface area contributed by atoms with Crippen molar-refractivity contribution in [2.45, 2.75) is 49.0 Å². The molecule has 3 aromatic rings. The number of carbonyl (C=O) groups is 1. The van der Waals surface area contributed by atoms with Crippen LogP contribution in [0, 0.1) is 0 Å². The highest BCUT2D eigenvalue weighted by molar-refractivity contribution is 7.89. The smallest absolute Gasteiger partial charge is 0.235 e. The number of anilines is 1. The molecule has 3 aliphatic rings. The Morgan fingerprint density at radius 1 is 1.00 bits per heavy atom. The lowest BCUT2D eigenvalue weighted by molar-refractivity contribution is -0.118. The molecule has 1 unspecified atom stereocenters. The Balaban J connectivity index is 1.17. The van der Waals surface area contributed by atoms with Crippen LogP contribution < -0.4 is 14.8 Å². The monoisotopic (exact) mass is 502 g/mol. The van der Waals surface area contributed by atoms with Crippen molar-refractivity contribution in [2.24, 2.45) is 0 Å². The van der Waals surface area contributed by atoms with Crippen LogP contribution in [0.25, 0.3) is 11.1 Å². The number of hydrogen-bond donors (Lipinski definition) is 1. The highest BCUT2D eigenvalue weighted by atomic mass is 32.2. The van der Waals surface area contributed by atoms with Gasteiger partial charge in [0.05, 0.1) is 22.8 Å². The summed E-state index contributed by atoms with van der Waals surface area (Å²) >= 11 is -1.13. The summed E-state index contributed by atoms with van der Waals surface area (Å²) < 4.78 is 26.4. The number of amides is 1. The maximum atomic E-state index is 13.4. The van der Waals surface area contributed by atoms with Gasteiger partial charge >= 0.3 is 0 Å². The second-order valence-corrected chi connectivity index (χ2v) is 11.3. The molecule has 1 saturated carbocycles. The maximum absolute atomic E-state index is 13.4. The summed E-state index contributed by atoms with van der Waals surface area (Å²) in [7, 11) is 0. The van der Waals surface area contributed by atoms with Gasteiger partial charge in [-0.25, -0.2) is 0 Å². The molecule has 36 heavy (non-hydrogen) atoms. The van der Waals surface area contributed by atoms with Gasteiger partial charge in [-0.2, -0.15) is 0 Å². The number of nitrogens with zero attached hydrogens (tertiary/aromatic N) is 1. The van der Waals surface area contributed by atoms with Crippen molar-refractivity contribution in [2.75, 3.05) is 25.1 Å². The predicted molar refractivity (Wildman–Crippen MR) is 141 cm³/mol. The van der Waals surface area contributed by atoms with E-state index in [-0.39, 0.29) is 5.91 Å². The van der Waals surface area contributed by atoms with Crippen LogP contribution in [0.2, 0.25) is 0 Å². The van der Waals surface area contributed by atoms with Gasteiger partial charge in [0.25, 0.3) is 0 Å². The lowest BCUT2D eigenvalue weighted by Crippen LogP contribution is -2.33. The van der Waals surface area contributed by atoms with Gasteiger partial charge in [0.15, 0.2) is 16.4 Å². The number of nitrogens with one attached hydrogen (secondary N) is 1. The Morgan fingerprint density at radius 2 is 1.78 bits per heavy atom. The zero-order valence-corrected chi connectivity index (χ0v) is 21.2. The molecule has 7 heteroatoms. The average Bonchev–Trinajstić information content (AvgIpc) is 3.63. The van der Waals surface area contributed by atoms with Crippen molar-refractivity contribution >= 4 is 23.0 Å². The predicted octanol–water partition coefficient (Wildman–Crippen LogP) is 5.30. The molecule has 0 bridgehead atoms. The molecule has 3 aromatic carbocycles. The molecule has 0 aromatic heterocycles. The fraction of sp³-hybridized carbons (Fsp3) is 0.345. The highest BCUT2D eigenvalue weighted by Gasteiger charge is 2.51. The molecule has 2 atom stereocenters. The summed E-state index contributed by atoms with van der Waals surface area (Å²) in [6.45, 7) is 4.09. The van der Waals surface area contributed by atoms with Gasteiger partial charge in [0.2, 0.25) is 5.91 Å². The Kier molecular flexibility index (Phi) is 6.15. The largest absolute Gasteiger partial charge is 0.593 e. The minimum absolute atomic E-state index is 0.00167. The third-order valence-corrected chi connectivity index (χ3v) is 9.14. The molecular formula is C29H30N2O4S. The third-order valence-electron chi connectivity index (χ3n) is 7.49. The van der Waals surface area contributed by atoms with Gasteiger partial charge in [-0.05, 0) is 97.8 Å². The Bertz CT molecular complexity index is 1270. The average molecular weight is 503 g/mol. The van der Waals surface area contributed by atoms with Gasteiger partial charge in [-0.15, -0.1) is 4.31 Å². The lowest BCUT2D eigenvalue weighted by atomic mass is 9.94. The number of rotatable bonds is 6. The van der Waals surface area contributed by atoms with Gasteiger partial charge in [0.1, 0.15) is 13.2 Å². The van der Waals surface area contributed by atoms with E-state index in [0.717, 1.165) is 65.3 Å². The number of fused-ring (bicyclic) bond motifs is 1. The first-order valence-corrected chi connectivity index (χ1v) is 13.7. The van der Waals surface area contributed by atoms with Crippen molar-refractivity contribution in [1.82, 2.24) is 4.31 Å². The molecule has 1 N–H and O–H groups in total. The van der Waals surface area contributed by atoms with Crippen LogP contribution >= 0.6 is 0 Å². The molecule has 0 spiro atoms. The molecule has 2 fully saturated rings. The number of ether oxygens (including phenoxy) is 2. The first-order valence-electron chi connectivity index (χ1n) is 12.6. The second kappa shape index (κ2) is 9.47. The summed E-state index contributed by atoms with van der Waals surface area (Å²) in [5, 5.41) is 3.14. The third kappa shape index (κ3) is 4.36. The van der Waals surface area contributed by atoms with E-state index in [0.29, 0.717) is 25.0 Å². The quantitative estimate of drug-likeness (QED) is 0.463. The molecule has 186 valence electrons. The minimum Gasteiger partial charge on any atom is -0.593 e. The van der Waals surface area contributed by atoms with Crippen LogP contribution in [-0.2, 0) is 21.6 Å². The van der Waals surface area contributed by atoms with Crippen LogP contribution in [-0.4, -0.2) is 40.6 Å². The van der Waals surface area contributed by atoms with E-state index in [1.54, 1.807) is 0 Å². The van der Waals surface area contributed by atoms with E-state index in [4.69, 9.17) is 9.47 Å². The molecule has 1 amide bonds. The topological polar surface area (TPSA) is 73.9 Å². The van der Waals surface area contributed by atoms with E-state index in [1.807, 2.05) is 66.7 Å². The summed E-state index contributed by atoms with van der Waals surface area (Å²) in [4.78, 5) is 14.2. The molecule has 0 radical (unpaired) electrons. The molecule has 1 aliphatic carbocycles. The van der Waals surface area contributed by atoms with Crippen LogP contribution in [0.15, 0.2) is 71.6 Å². The van der Waals surface area contributed by atoms with Gasteiger partial charge in [-0.3, -0.25) is 4.79 Å². The van der Waals surface area contributed by atoms with Crippen molar-refractivity contribution in [3.8, 4) is 22.6 Å².